The molecule has 2 saturated heterocycles. The molecular weight excluding hydrogens is 374 g/mol. The van der Waals surface area contributed by atoms with Crippen LogP contribution < -0.4 is 4.90 Å². The van der Waals surface area contributed by atoms with Crippen LogP contribution >= 0.6 is 12.4 Å². The first-order valence-electron chi connectivity index (χ1n) is 10.6. The molecule has 28 heavy (non-hydrogen) atoms. The summed E-state index contributed by atoms with van der Waals surface area (Å²) in [6.07, 6.45) is 6.01. The number of likely N-dealkylation sites (tertiary alicyclic amines) is 1. The minimum atomic E-state index is -0.00249. The van der Waals surface area contributed by atoms with Gasteiger partial charge in [0.15, 0.2) is 0 Å². The molecule has 2 atom stereocenters. The predicted octanol–water partition coefficient (Wildman–Crippen LogP) is 3.19. The van der Waals surface area contributed by atoms with Gasteiger partial charge < -0.3 is 4.90 Å². The molecule has 3 aliphatic rings. The number of nitrogens with zero attached hydrogens (tertiary/aromatic N) is 3. The number of unbranched alkanes of at least 4 members (excludes halogenated alkanes) is 1. The highest BCUT2D eigenvalue weighted by atomic mass is 35.5. The van der Waals surface area contributed by atoms with Crippen molar-refractivity contribution >= 4 is 29.9 Å². The van der Waals surface area contributed by atoms with Crippen molar-refractivity contribution in [2.45, 2.75) is 38.5 Å². The zero-order valence-electron chi connectivity index (χ0n) is 16.6. The summed E-state index contributed by atoms with van der Waals surface area (Å²) in [6, 6.07) is 10.6. The zero-order valence-corrected chi connectivity index (χ0v) is 17.4. The van der Waals surface area contributed by atoms with Crippen LogP contribution in [-0.4, -0.2) is 60.9 Å². The molecule has 0 spiro atoms. The van der Waals surface area contributed by atoms with E-state index in [0.29, 0.717) is 6.54 Å². The standard InChI is InChI=1S/C22H31N3O2.ClH/c26-21-19-10-4-5-11-20(19)22(27)25(21)13-7-6-12-23-14-16-24(17-15-23)18-8-2-1-3-9-18;/h1-3,8-9,19-20H,4-7,10-17H2;1H. The van der Waals surface area contributed by atoms with Crippen LogP contribution in [0, 0.1) is 11.8 Å². The van der Waals surface area contributed by atoms with Crippen LogP contribution in [0.15, 0.2) is 30.3 Å². The lowest BCUT2D eigenvalue weighted by Crippen LogP contribution is -2.46. The number of carbonyl (C=O) groups excluding carboxylic acids is 2. The molecule has 6 heteroatoms. The summed E-state index contributed by atoms with van der Waals surface area (Å²) in [6.45, 7) is 5.98. The topological polar surface area (TPSA) is 43.9 Å². The van der Waals surface area contributed by atoms with E-state index in [1.165, 1.54) is 5.69 Å². The molecule has 1 aromatic rings. The van der Waals surface area contributed by atoms with E-state index in [2.05, 4.69) is 40.1 Å². The molecule has 4 rings (SSSR count). The molecule has 2 amide bonds. The number of para-hydroxylation sites is 1. The summed E-state index contributed by atoms with van der Waals surface area (Å²) < 4.78 is 0. The number of hydrogen-bond donors (Lipinski definition) is 0. The van der Waals surface area contributed by atoms with Gasteiger partial charge in [-0.1, -0.05) is 31.0 Å². The number of halogens is 1. The first-order valence-corrected chi connectivity index (χ1v) is 10.6. The number of anilines is 1. The van der Waals surface area contributed by atoms with E-state index in [0.717, 1.165) is 71.2 Å². The maximum absolute atomic E-state index is 12.5. The maximum atomic E-state index is 12.5. The van der Waals surface area contributed by atoms with Crippen molar-refractivity contribution in [3.63, 3.8) is 0 Å². The normalized spacial score (nSPS) is 25.6. The van der Waals surface area contributed by atoms with Crippen LogP contribution in [0.4, 0.5) is 5.69 Å². The minimum absolute atomic E-state index is 0. The van der Waals surface area contributed by atoms with Gasteiger partial charge >= 0.3 is 0 Å². The highest BCUT2D eigenvalue weighted by molar-refractivity contribution is 6.05. The molecule has 2 aliphatic heterocycles. The van der Waals surface area contributed by atoms with E-state index in [1.807, 2.05) is 0 Å². The second-order valence-electron chi connectivity index (χ2n) is 8.20. The number of fused-ring (bicyclic) bond motifs is 1. The van der Waals surface area contributed by atoms with Gasteiger partial charge in [0.05, 0.1) is 11.8 Å². The summed E-state index contributed by atoms with van der Waals surface area (Å²) in [5.41, 5.74) is 1.31. The van der Waals surface area contributed by atoms with Crippen molar-refractivity contribution in [1.29, 1.82) is 0 Å². The molecule has 1 aromatic carbocycles. The van der Waals surface area contributed by atoms with Gasteiger partial charge in [-0.3, -0.25) is 19.4 Å². The van der Waals surface area contributed by atoms with Crippen molar-refractivity contribution < 1.29 is 9.59 Å². The fourth-order valence-corrected chi connectivity index (χ4v) is 4.93. The number of hydrogen-bond acceptors (Lipinski definition) is 4. The third kappa shape index (κ3) is 4.52. The quantitative estimate of drug-likeness (QED) is 0.538. The fourth-order valence-electron chi connectivity index (χ4n) is 4.93. The van der Waals surface area contributed by atoms with Crippen molar-refractivity contribution in [2.75, 3.05) is 44.2 Å². The molecule has 3 fully saturated rings. The lowest BCUT2D eigenvalue weighted by atomic mass is 9.81. The average molecular weight is 406 g/mol. The molecule has 154 valence electrons. The van der Waals surface area contributed by atoms with E-state index in [4.69, 9.17) is 0 Å². The average Bonchev–Trinajstić information content (AvgIpc) is 2.97. The first-order chi connectivity index (χ1) is 13.2. The van der Waals surface area contributed by atoms with Crippen LogP contribution in [0.25, 0.3) is 0 Å². The zero-order chi connectivity index (χ0) is 18.6. The van der Waals surface area contributed by atoms with Crippen molar-refractivity contribution in [2.24, 2.45) is 11.8 Å². The second kappa shape index (κ2) is 9.75. The molecular formula is C22H32ClN3O2. The monoisotopic (exact) mass is 405 g/mol. The van der Waals surface area contributed by atoms with Crippen LogP contribution in [-0.2, 0) is 9.59 Å². The summed E-state index contributed by atoms with van der Waals surface area (Å²) in [5, 5.41) is 0. The molecule has 5 nitrogen and oxygen atoms in total. The summed E-state index contributed by atoms with van der Waals surface area (Å²) in [7, 11) is 0. The van der Waals surface area contributed by atoms with Crippen molar-refractivity contribution in [3.05, 3.63) is 30.3 Å². The van der Waals surface area contributed by atoms with Crippen LogP contribution in [0.5, 0.6) is 0 Å². The highest BCUT2D eigenvalue weighted by Crippen LogP contribution is 2.38. The minimum Gasteiger partial charge on any atom is -0.369 e. The molecule has 0 aromatic heterocycles. The van der Waals surface area contributed by atoms with Gasteiger partial charge in [-0.2, -0.15) is 0 Å². The van der Waals surface area contributed by atoms with E-state index >= 15 is 0 Å². The first kappa shape index (κ1) is 21.1. The van der Waals surface area contributed by atoms with E-state index < -0.39 is 0 Å². The SMILES string of the molecule is Cl.O=C1C2CCCCC2C(=O)N1CCCCN1CCN(c2ccccc2)CC1. The number of imide groups is 1. The van der Waals surface area contributed by atoms with Gasteiger partial charge in [-0.25, -0.2) is 0 Å². The van der Waals surface area contributed by atoms with Crippen molar-refractivity contribution in [3.8, 4) is 0 Å². The van der Waals surface area contributed by atoms with E-state index in [9.17, 15) is 9.59 Å². The number of rotatable bonds is 6. The summed E-state index contributed by atoms with van der Waals surface area (Å²) >= 11 is 0. The van der Waals surface area contributed by atoms with Crippen LogP contribution in [0.3, 0.4) is 0 Å². The Morgan fingerprint density at radius 3 is 1.96 bits per heavy atom. The second-order valence-corrected chi connectivity index (χ2v) is 8.20. The van der Waals surface area contributed by atoms with Gasteiger partial charge in [0.1, 0.15) is 0 Å². The molecule has 0 radical (unpaired) electrons. The number of benzene rings is 1. The summed E-state index contributed by atoms with van der Waals surface area (Å²) in [4.78, 5) is 31.5. The highest BCUT2D eigenvalue weighted by Gasteiger charge is 2.47. The lowest BCUT2D eigenvalue weighted by Gasteiger charge is -2.36. The largest absolute Gasteiger partial charge is 0.369 e. The number of amides is 2. The van der Waals surface area contributed by atoms with E-state index in [1.54, 1.807) is 4.90 Å². The molecule has 1 aliphatic carbocycles. The predicted molar refractivity (Wildman–Crippen MR) is 114 cm³/mol. The van der Waals surface area contributed by atoms with Crippen LogP contribution in [0.1, 0.15) is 38.5 Å². The molecule has 1 saturated carbocycles. The Kier molecular flexibility index (Phi) is 7.36. The Labute approximate surface area is 174 Å². The van der Waals surface area contributed by atoms with E-state index in [-0.39, 0.29) is 36.1 Å². The Hall–Kier alpha value is -1.59. The van der Waals surface area contributed by atoms with Gasteiger partial charge in [-0.15, -0.1) is 12.4 Å². The van der Waals surface area contributed by atoms with Crippen LogP contribution in [0.2, 0.25) is 0 Å². The molecule has 0 N–H and O–H groups in total. The number of piperazine rings is 1. The third-order valence-corrected chi connectivity index (χ3v) is 6.53. The third-order valence-electron chi connectivity index (χ3n) is 6.53. The Balaban J connectivity index is 0.00000225. The van der Waals surface area contributed by atoms with Gasteiger partial charge in [-0.05, 0) is 44.4 Å². The molecule has 2 heterocycles. The lowest BCUT2D eigenvalue weighted by molar-refractivity contribution is -0.140. The van der Waals surface area contributed by atoms with Gasteiger partial charge in [0, 0.05) is 38.4 Å². The maximum Gasteiger partial charge on any atom is 0.233 e. The Morgan fingerprint density at radius 2 is 1.36 bits per heavy atom. The Morgan fingerprint density at radius 1 is 0.786 bits per heavy atom. The summed E-state index contributed by atoms with van der Waals surface area (Å²) in [5.74, 6) is 0.219. The molecule has 2 unspecified atom stereocenters. The van der Waals surface area contributed by atoms with Gasteiger partial charge in [0.2, 0.25) is 11.8 Å². The fraction of sp³-hybridized carbons (Fsp3) is 0.636. The van der Waals surface area contributed by atoms with Gasteiger partial charge in [0.25, 0.3) is 0 Å². The Bertz CT molecular complexity index is 637. The molecule has 0 bridgehead atoms. The number of carbonyl (C=O) groups is 2. The smallest absolute Gasteiger partial charge is 0.233 e. The van der Waals surface area contributed by atoms with Crippen molar-refractivity contribution in [1.82, 2.24) is 9.80 Å².